The molecule has 0 aromatic carbocycles. The minimum atomic E-state index is -3.68. The molecule has 0 aromatic rings. The maximum Gasteiger partial charge on any atom is 0.407 e. The van der Waals surface area contributed by atoms with Crippen LogP contribution in [0.5, 0.6) is 0 Å². The highest BCUT2D eigenvalue weighted by Crippen LogP contribution is 2.22. The summed E-state index contributed by atoms with van der Waals surface area (Å²) in [5, 5.41) is 2.56. The second kappa shape index (κ2) is 6.31. The molecule has 0 aromatic heterocycles. The Morgan fingerprint density at radius 3 is 2.00 bits per heavy atom. The summed E-state index contributed by atoms with van der Waals surface area (Å²) in [5.41, 5.74) is -0.766. The minimum Gasteiger partial charge on any atom is -0.444 e. The summed E-state index contributed by atoms with van der Waals surface area (Å²) >= 11 is 0. The van der Waals surface area contributed by atoms with Gasteiger partial charge in [0, 0.05) is 16.7 Å². The Morgan fingerprint density at radius 1 is 1.21 bits per heavy atom. The van der Waals surface area contributed by atoms with Crippen LogP contribution in [0.2, 0.25) is 0 Å². The number of amides is 1. The first-order valence-corrected chi connectivity index (χ1v) is 8.58. The first kappa shape index (κ1) is 18.5. The van der Waals surface area contributed by atoms with E-state index < -0.39 is 26.8 Å². The molecule has 1 amide bonds. The Labute approximate surface area is 120 Å². The lowest BCUT2D eigenvalue weighted by Crippen LogP contribution is -2.43. The fourth-order valence-corrected chi connectivity index (χ4v) is 2.74. The second-order valence-corrected chi connectivity index (χ2v) is 9.64. The Kier molecular flexibility index (Phi) is 6.14. The lowest BCUT2D eigenvalue weighted by molar-refractivity contribution is 0.0499. The Bertz CT molecular complexity index is 406. The van der Waals surface area contributed by atoms with Gasteiger partial charge in [-0.1, -0.05) is 20.8 Å². The van der Waals surface area contributed by atoms with Crippen LogP contribution in [0.1, 0.15) is 48.0 Å². The molecule has 0 saturated heterocycles. The van der Waals surface area contributed by atoms with Gasteiger partial charge < -0.3 is 10.1 Å². The molecule has 0 heterocycles. The fraction of sp³-hybridized carbons (Fsp3) is 0.917. The number of alkyl carbamates (subject to hydrolysis) is 1. The highest BCUT2D eigenvalue weighted by atomic mass is 35.7. The summed E-state index contributed by atoms with van der Waals surface area (Å²) in [6.45, 7) is 11.1. The van der Waals surface area contributed by atoms with E-state index in [1.165, 1.54) is 0 Å². The zero-order valence-corrected chi connectivity index (χ0v) is 14.0. The third kappa shape index (κ3) is 12.3. The van der Waals surface area contributed by atoms with Gasteiger partial charge in [0.15, 0.2) is 0 Å². The van der Waals surface area contributed by atoms with Gasteiger partial charge in [0.05, 0.1) is 5.75 Å². The Hall–Kier alpha value is -0.490. The zero-order chi connectivity index (χ0) is 15.5. The number of halogens is 1. The van der Waals surface area contributed by atoms with Gasteiger partial charge in [-0.2, -0.15) is 0 Å². The molecule has 5 nitrogen and oxygen atoms in total. The van der Waals surface area contributed by atoms with Crippen molar-refractivity contribution in [3.8, 4) is 0 Å². The van der Waals surface area contributed by atoms with Gasteiger partial charge in [-0.3, -0.25) is 0 Å². The normalized spacial score (nSPS) is 14.9. The van der Waals surface area contributed by atoms with Crippen molar-refractivity contribution < 1.29 is 17.9 Å². The molecule has 0 bridgehead atoms. The molecule has 0 fully saturated rings. The number of hydrogen-bond acceptors (Lipinski definition) is 4. The topological polar surface area (TPSA) is 72.5 Å². The lowest BCUT2D eigenvalue weighted by atomic mass is 9.89. The molecule has 0 saturated carbocycles. The molecule has 1 atom stereocenters. The third-order valence-electron chi connectivity index (χ3n) is 1.98. The summed E-state index contributed by atoms with van der Waals surface area (Å²) in [6.07, 6.45) is -0.153. The van der Waals surface area contributed by atoms with Gasteiger partial charge in [-0.25, -0.2) is 13.2 Å². The molecular weight excluding hydrogens is 290 g/mol. The number of nitrogens with one attached hydrogen (secondary N) is 1. The van der Waals surface area contributed by atoms with E-state index in [0.29, 0.717) is 6.42 Å². The summed E-state index contributed by atoms with van der Waals surface area (Å²) < 4.78 is 27.4. The van der Waals surface area contributed by atoms with Crippen LogP contribution in [0.3, 0.4) is 0 Å². The largest absolute Gasteiger partial charge is 0.444 e. The number of ether oxygens (including phenoxy) is 1. The van der Waals surface area contributed by atoms with Crippen molar-refractivity contribution in [2.75, 3.05) is 5.75 Å². The monoisotopic (exact) mass is 313 g/mol. The van der Waals surface area contributed by atoms with E-state index in [1.54, 1.807) is 20.8 Å². The van der Waals surface area contributed by atoms with Crippen molar-refractivity contribution >= 4 is 25.8 Å². The Balaban J connectivity index is 4.72. The van der Waals surface area contributed by atoms with Crippen molar-refractivity contribution in [1.82, 2.24) is 5.32 Å². The standard InChI is InChI=1S/C12H24ClNO4S/c1-11(2,3)7-9(8-19(13,16)17)14-10(15)18-12(4,5)6/h9H,7-8H2,1-6H3,(H,14,15). The zero-order valence-electron chi connectivity index (χ0n) is 12.4. The fourth-order valence-electron chi connectivity index (χ4n) is 1.61. The van der Waals surface area contributed by atoms with Crippen LogP contribution < -0.4 is 5.32 Å². The Morgan fingerprint density at radius 2 is 1.68 bits per heavy atom. The van der Waals surface area contributed by atoms with Crippen LogP contribution in [0.15, 0.2) is 0 Å². The maximum absolute atomic E-state index is 11.7. The smallest absolute Gasteiger partial charge is 0.407 e. The highest BCUT2D eigenvalue weighted by molar-refractivity contribution is 8.13. The SMILES string of the molecule is CC(C)(C)CC(CS(=O)(=O)Cl)NC(=O)OC(C)(C)C. The van der Waals surface area contributed by atoms with Crippen LogP contribution >= 0.6 is 10.7 Å². The van der Waals surface area contributed by atoms with E-state index in [1.807, 2.05) is 20.8 Å². The van der Waals surface area contributed by atoms with Gasteiger partial charge in [-0.15, -0.1) is 0 Å². The number of hydrogen-bond donors (Lipinski definition) is 1. The summed E-state index contributed by atoms with van der Waals surface area (Å²) in [6, 6.07) is -0.572. The van der Waals surface area contributed by atoms with Crippen molar-refractivity contribution in [2.24, 2.45) is 5.41 Å². The molecule has 1 unspecified atom stereocenters. The second-order valence-electron chi connectivity index (χ2n) is 6.81. The highest BCUT2D eigenvalue weighted by Gasteiger charge is 2.26. The first-order chi connectivity index (χ1) is 8.18. The molecule has 0 aliphatic carbocycles. The number of rotatable bonds is 4. The van der Waals surface area contributed by atoms with Crippen molar-refractivity contribution in [2.45, 2.75) is 59.6 Å². The average Bonchev–Trinajstić information content (AvgIpc) is 1.90. The van der Waals surface area contributed by atoms with Crippen LogP contribution in [0, 0.1) is 5.41 Å². The predicted octanol–water partition coefficient (Wildman–Crippen LogP) is 2.88. The van der Waals surface area contributed by atoms with Gasteiger partial charge in [0.25, 0.3) is 0 Å². The van der Waals surface area contributed by atoms with Crippen LogP contribution in [0.25, 0.3) is 0 Å². The lowest BCUT2D eigenvalue weighted by Gasteiger charge is -2.27. The average molecular weight is 314 g/mol. The van der Waals surface area contributed by atoms with E-state index in [-0.39, 0.29) is 11.2 Å². The molecule has 114 valence electrons. The maximum atomic E-state index is 11.7. The molecule has 0 radical (unpaired) electrons. The predicted molar refractivity (Wildman–Crippen MR) is 76.9 cm³/mol. The summed E-state index contributed by atoms with van der Waals surface area (Å²) in [5.74, 6) is -0.314. The molecule has 0 spiro atoms. The summed E-state index contributed by atoms with van der Waals surface area (Å²) in [7, 11) is 1.57. The third-order valence-corrected chi connectivity index (χ3v) is 3.16. The van der Waals surface area contributed by atoms with E-state index in [9.17, 15) is 13.2 Å². The summed E-state index contributed by atoms with van der Waals surface area (Å²) in [4.78, 5) is 11.7. The van der Waals surface area contributed by atoms with Crippen molar-refractivity contribution in [1.29, 1.82) is 0 Å². The molecule has 7 heteroatoms. The molecular formula is C12H24ClNO4S. The quantitative estimate of drug-likeness (QED) is 0.810. The van der Waals surface area contributed by atoms with E-state index in [0.717, 1.165) is 0 Å². The van der Waals surface area contributed by atoms with Crippen LogP contribution in [-0.4, -0.2) is 31.9 Å². The molecule has 0 aliphatic heterocycles. The first-order valence-electron chi connectivity index (χ1n) is 6.10. The molecule has 1 N–H and O–H groups in total. The van der Waals surface area contributed by atoms with Gasteiger partial charge in [0.1, 0.15) is 5.60 Å². The van der Waals surface area contributed by atoms with E-state index in [2.05, 4.69) is 5.32 Å². The van der Waals surface area contributed by atoms with E-state index in [4.69, 9.17) is 15.4 Å². The number of carbonyl (C=O) groups excluding carboxylic acids is 1. The molecule has 0 rings (SSSR count). The van der Waals surface area contributed by atoms with Crippen molar-refractivity contribution in [3.63, 3.8) is 0 Å². The number of carbonyl (C=O) groups is 1. The van der Waals surface area contributed by atoms with Gasteiger partial charge in [-0.05, 0) is 32.6 Å². The van der Waals surface area contributed by atoms with E-state index >= 15 is 0 Å². The minimum absolute atomic E-state index is 0.138. The van der Waals surface area contributed by atoms with Gasteiger partial charge >= 0.3 is 6.09 Å². The molecule has 19 heavy (non-hydrogen) atoms. The van der Waals surface area contributed by atoms with Crippen molar-refractivity contribution in [3.05, 3.63) is 0 Å². The van der Waals surface area contributed by atoms with Crippen LogP contribution in [0.4, 0.5) is 4.79 Å². The molecule has 0 aliphatic rings. The van der Waals surface area contributed by atoms with Gasteiger partial charge in [0.2, 0.25) is 9.05 Å². The van der Waals surface area contributed by atoms with Crippen LogP contribution in [-0.2, 0) is 13.8 Å².